The number of aryl methyl sites for hydroxylation is 3. The molecule has 4 nitrogen and oxygen atoms in total. The van der Waals surface area contributed by atoms with Gasteiger partial charge in [-0.15, -0.1) is 0 Å². The van der Waals surface area contributed by atoms with E-state index in [9.17, 15) is 14.7 Å². The van der Waals surface area contributed by atoms with Gasteiger partial charge in [-0.1, -0.05) is 36.2 Å². The average molecular weight is 386 g/mol. The van der Waals surface area contributed by atoms with Crippen LogP contribution < -0.4 is 4.90 Å². The normalized spacial score (nSPS) is 18.7. The molecule has 1 N–H and O–H groups in total. The standard InChI is InChI=1S/C22H24ClNO3/c1-5-8-24-18-7-6-16(23)11-17(18)22(27,21(24)26)12-19(25)20-14(3)9-13(2)10-15(20)4/h6-7,9-11,27H,5,8,12H2,1-4H3. The number of anilines is 1. The molecule has 1 amide bonds. The Kier molecular flexibility index (Phi) is 5.15. The van der Waals surface area contributed by atoms with Gasteiger partial charge >= 0.3 is 0 Å². The van der Waals surface area contributed by atoms with Gasteiger partial charge in [-0.05, 0) is 56.5 Å². The molecule has 0 aliphatic carbocycles. The third-order valence-electron chi connectivity index (χ3n) is 5.11. The summed E-state index contributed by atoms with van der Waals surface area (Å²) in [7, 11) is 0. The molecular weight excluding hydrogens is 362 g/mol. The third-order valence-corrected chi connectivity index (χ3v) is 5.35. The number of Topliss-reactive ketones (excluding diaryl/α,β-unsaturated/α-hetero) is 1. The highest BCUT2D eigenvalue weighted by atomic mass is 35.5. The number of halogens is 1. The summed E-state index contributed by atoms with van der Waals surface area (Å²) in [6, 6.07) is 8.89. The summed E-state index contributed by atoms with van der Waals surface area (Å²) in [5.74, 6) is -0.706. The van der Waals surface area contributed by atoms with Gasteiger partial charge in [0.15, 0.2) is 11.4 Å². The molecule has 1 heterocycles. The molecule has 1 atom stereocenters. The molecule has 0 fully saturated rings. The van der Waals surface area contributed by atoms with Crippen LogP contribution in [0, 0.1) is 20.8 Å². The summed E-state index contributed by atoms with van der Waals surface area (Å²) in [6.07, 6.45) is 0.443. The quantitative estimate of drug-likeness (QED) is 0.772. The highest BCUT2D eigenvalue weighted by Gasteiger charge is 2.51. The molecule has 1 aliphatic heterocycles. The fourth-order valence-corrected chi connectivity index (χ4v) is 4.25. The van der Waals surface area contributed by atoms with Gasteiger partial charge < -0.3 is 10.0 Å². The van der Waals surface area contributed by atoms with E-state index in [0.29, 0.717) is 28.4 Å². The number of ketones is 1. The largest absolute Gasteiger partial charge is 0.375 e. The van der Waals surface area contributed by atoms with Crippen LogP contribution in [-0.4, -0.2) is 23.3 Å². The number of hydrogen-bond acceptors (Lipinski definition) is 3. The van der Waals surface area contributed by atoms with Gasteiger partial charge in [-0.3, -0.25) is 9.59 Å². The summed E-state index contributed by atoms with van der Waals surface area (Å²) >= 11 is 6.12. The van der Waals surface area contributed by atoms with E-state index in [1.807, 2.05) is 39.8 Å². The number of nitrogens with zero attached hydrogens (tertiary/aromatic N) is 1. The minimum atomic E-state index is -1.89. The lowest BCUT2D eigenvalue weighted by Gasteiger charge is -2.23. The Morgan fingerprint density at radius 3 is 2.37 bits per heavy atom. The highest BCUT2D eigenvalue weighted by molar-refractivity contribution is 6.31. The van der Waals surface area contributed by atoms with Crippen molar-refractivity contribution in [2.75, 3.05) is 11.4 Å². The molecule has 0 saturated heterocycles. The van der Waals surface area contributed by atoms with Crippen LogP contribution in [0.2, 0.25) is 5.02 Å². The number of amides is 1. The minimum absolute atomic E-state index is 0.245. The predicted octanol–water partition coefficient (Wildman–Crippen LogP) is 4.48. The highest BCUT2D eigenvalue weighted by Crippen LogP contribution is 2.44. The first-order valence-electron chi connectivity index (χ1n) is 9.14. The Bertz CT molecular complexity index is 914. The molecule has 27 heavy (non-hydrogen) atoms. The van der Waals surface area contributed by atoms with Crippen molar-refractivity contribution < 1.29 is 14.7 Å². The second-order valence-electron chi connectivity index (χ2n) is 7.35. The SMILES string of the molecule is CCCN1C(=O)C(O)(CC(=O)c2c(C)cc(C)cc2C)c2cc(Cl)ccc21. The van der Waals surface area contributed by atoms with Gasteiger partial charge in [0.05, 0.1) is 12.1 Å². The van der Waals surface area contributed by atoms with Gasteiger partial charge in [0.25, 0.3) is 5.91 Å². The molecule has 1 aliphatic rings. The molecule has 2 aromatic rings. The summed E-state index contributed by atoms with van der Waals surface area (Å²) in [5.41, 5.74) is 2.48. The molecule has 5 heteroatoms. The lowest BCUT2D eigenvalue weighted by Crippen LogP contribution is -2.42. The lowest BCUT2D eigenvalue weighted by molar-refractivity contribution is -0.135. The molecule has 0 radical (unpaired) electrons. The molecular formula is C22H24ClNO3. The van der Waals surface area contributed by atoms with E-state index in [1.54, 1.807) is 23.1 Å². The Balaban J connectivity index is 2.05. The first-order chi connectivity index (χ1) is 12.7. The molecule has 0 bridgehead atoms. The molecule has 3 rings (SSSR count). The van der Waals surface area contributed by atoms with E-state index in [4.69, 9.17) is 11.6 Å². The van der Waals surface area contributed by atoms with Gasteiger partial charge in [-0.2, -0.15) is 0 Å². The summed E-state index contributed by atoms with van der Waals surface area (Å²) in [4.78, 5) is 27.7. The molecule has 142 valence electrons. The van der Waals surface area contributed by atoms with Gasteiger partial charge in [0.1, 0.15) is 0 Å². The second-order valence-corrected chi connectivity index (χ2v) is 7.79. The van der Waals surface area contributed by atoms with E-state index in [-0.39, 0.29) is 12.2 Å². The summed E-state index contributed by atoms with van der Waals surface area (Å²) in [6.45, 7) is 8.17. The molecule has 0 spiro atoms. The lowest BCUT2D eigenvalue weighted by atomic mass is 9.85. The van der Waals surface area contributed by atoms with Crippen molar-refractivity contribution in [1.82, 2.24) is 0 Å². The number of carbonyl (C=O) groups is 2. The number of fused-ring (bicyclic) bond motifs is 1. The number of carbonyl (C=O) groups excluding carboxylic acids is 2. The number of rotatable bonds is 5. The van der Waals surface area contributed by atoms with Crippen LogP contribution in [0.1, 0.15) is 52.4 Å². The smallest absolute Gasteiger partial charge is 0.264 e. The van der Waals surface area contributed by atoms with Crippen molar-refractivity contribution in [3.8, 4) is 0 Å². The zero-order chi connectivity index (χ0) is 19.9. The van der Waals surface area contributed by atoms with Crippen LogP contribution in [0.3, 0.4) is 0 Å². The van der Waals surface area contributed by atoms with E-state index in [1.165, 1.54) is 0 Å². The maximum Gasteiger partial charge on any atom is 0.264 e. The molecule has 2 aromatic carbocycles. The van der Waals surface area contributed by atoms with Crippen LogP contribution >= 0.6 is 11.6 Å². The van der Waals surface area contributed by atoms with E-state index < -0.39 is 11.5 Å². The number of benzene rings is 2. The van der Waals surface area contributed by atoms with Gasteiger partial charge in [0.2, 0.25) is 0 Å². The third kappa shape index (κ3) is 3.28. The van der Waals surface area contributed by atoms with Gasteiger partial charge in [-0.25, -0.2) is 0 Å². The van der Waals surface area contributed by atoms with E-state index >= 15 is 0 Å². The van der Waals surface area contributed by atoms with Crippen molar-refractivity contribution in [3.05, 3.63) is 63.2 Å². The van der Waals surface area contributed by atoms with Crippen molar-refractivity contribution in [2.45, 2.75) is 46.1 Å². The molecule has 0 aromatic heterocycles. The Hall–Kier alpha value is -2.17. The van der Waals surface area contributed by atoms with Crippen LogP contribution in [0.15, 0.2) is 30.3 Å². The van der Waals surface area contributed by atoms with Crippen molar-refractivity contribution in [2.24, 2.45) is 0 Å². The van der Waals surface area contributed by atoms with Crippen LogP contribution in [0.25, 0.3) is 0 Å². The Morgan fingerprint density at radius 2 is 1.78 bits per heavy atom. The van der Waals surface area contributed by atoms with Crippen LogP contribution in [0.4, 0.5) is 5.69 Å². The first kappa shape index (κ1) is 19.6. The zero-order valence-electron chi connectivity index (χ0n) is 16.1. The van der Waals surface area contributed by atoms with Crippen LogP contribution in [-0.2, 0) is 10.4 Å². The van der Waals surface area contributed by atoms with Crippen LogP contribution in [0.5, 0.6) is 0 Å². The summed E-state index contributed by atoms with van der Waals surface area (Å²) in [5, 5.41) is 11.8. The Labute approximate surface area is 164 Å². The maximum absolute atomic E-state index is 13.1. The van der Waals surface area contributed by atoms with E-state index in [2.05, 4.69) is 0 Å². The first-order valence-corrected chi connectivity index (χ1v) is 9.52. The van der Waals surface area contributed by atoms with Gasteiger partial charge in [0, 0.05) is 22.7 Å². The average Bonchev–Trinajstić information content (AvgIpc) is 2.76. The minimum Gasteiger partial charge on any atom is -0.375 e. The van der Waals surface area contributed by atoms with Crippen molar-refractivity contribution in [1.29, 1.82) is 0 Å². The molecule has 0 saturated carbocycles. The molecule has 1 unspecified atom stereocenters. The topological polar surface area (TPSA) is 57.6 Å². The van der Waals surface area contributed by atoms with Crippen molar-refractivity contribution >= 4 is 29.0 Å². The summed E-state index contributed by atoms with van der Waals surface area (Å²) < 4.78 is 0. The number of hydrogen-bond donors (Lipinski definition) is 1. The fraction of sp³-hybridized carbons (Fsp3) is 0.364. The Morgan fingerprint density at radius 1 is 1.15 bits per heavy atom. The zero-order valence-corrected chi connectivity index (χ0v) is 16.9. The predicted molar refractivity (Wildman–Crippen MR) is 108 cm³/mol. The maximum atomic E-state index is 13.1. The van der Waals surface area contributed by atoms with Crippen molar-refractivity contribution in [3.63, 3.8) is 0 Å². The fourth-order valence-electron chi connectivity index (χ4n) is 4.08. The van der Waals surface area contributed by atoms with E-state index in [0.717, 1.165) is 23.1 Å². The monoisotopic (exact) mass is 385 g/mol. The second kappa shape index (κ2) is 7.10. The number of aliphatic hydroxyl groups is 1.